The molecule has 0 saturated carbocycles. The van der Waals surface area contributed by atoms with Gasteiger partial charge in [-0.1, -0.05) is 49.4 Å². The van der Waals surface area contributed by atoms with Crippen LogP contribution in [0.5, 0.6) is 0 Å². The molecule has 0 aromatic heterocycles. The number of hydrogen-bond acceptors (Lipinski definition) is 2. The Bertz CT molecular complexity index is 626. The molecule has 2 aromatic rings. The lowest BCUT2D eigenvalue weighted by atomic mass is 10.0. The van der Waals surface area contributed by atoms with Gasteiger partial charge in [0.2, 0.25) is 5.91 Å². The maximum absolute atomic E-state index is 12.2. The van der Waals surface area contributed by atoms with Gasteiger partial charge in [0.25, 0.3) is 0 Å². The van der Waals surface area contributed by atoms with Crippen molar-refractivity contribution in [1.29, 1.82) is 0 Å². The summed E-state index contributed by atoms with van der Waals surface area (Å²) in [4.78, 5) is 13.3. The van der Waals surface area contributed by atoms with Gasteiger partial charge in [-0.15, -0.1) is 11.8 Å². The van der Waals surface area contributed by atoms with Crippen LogP contribution in [0.15, 0.2) is 59.5 Å². The minimum atomic E-state index is 0.109. The molecule has 2 nitrogen and oxygen atoms in total. The van der Waals surface area contributed by atoms with Crippen LogP contribution in [-0.2, 0) is 11.2 Å². The average Bonchev–Trinajstić information content (AvgIpc) is 2.82. The number of rotatable bonds is 4. The number of nitrogens with one attached hydrogen (secondary N) is 1. The standard InChI is InChI=1S/C18H19NOS/c1-13-11-14-7-5-6-10-16(14)18(13)19-17(20)12-21-15-8-3-2-4-9-15/h2-10,13,18H,11-12H2,1H3,(H,19,20). The highest BCUT2D eigenvalue weighted by Crippen LogP contribution is 2.35. The van der Waals surface area contributed by atoms with E-state index in [2.05, 4.69) is 36.5 Å². The first-order valence-corrected chi connectivity index (χ1v) is 8.27. The molecular weight excluding hydrogens is 278 g/mol. The molecule has 2 unspecified atom stereocenters. The van der Waals surface area contributed by atoms with Crippen LogP contribution in [0.4, 0.5) is 0 Å². The van der Waals surface area contributed by atoms with Crippen molar-refractivity contribution in [2.24, 2.45) is 5.92 Å². The SMILES string of the molecule is CC1Cc2ccccc2C1NC(=O)CSc1ccccc1. The van der Waals surface area contributed by atoms with E-state index in [1.54, 1.807) is 11.8 Å². The zero-order valence-electron chi connectivity index (χ0n) is 12.1. The van der Waals surface area contributed by atoms with Gasteiger partial charge in [-0.3, -0.25) is 4.79 Å². The number of hydrogen-bond donors (Lipinski definition) is 1. The maximum atomic E-state index is 12.2. The van der Waals surface area contributed by atoms with Crippen molar-refractivity contribution in [2.75, 3.05) is 5.75 Å². The number of amides is 1. The normalized spacial score (nSPS) is 20.0. The molecular formula is C18H19NOS. The van der Waals surface area contributed by atoms with Gasteiger partial charge in [0.15, 0.2) is 0 Å². The molecule has 2 aromatic carbocycles. The van der Waals surface area contributed by atoms with Crippen molar-refractivity contribution >= 4 is 17.7 Å². The molecule has 0 spiro atoms. The summed E-state index contributed by atoms with van der Waals surface area (Å²) in [7, 11) is 0. The maximum Gasteiger partial charge on any atom is 0.230 e. The second-order valence-corrected chi connectivity index (χ2v) is 6.58. The number of carbonyl (C=O) groups excluding carboxylic acids is 1. The lowest BCUT2D eigenvalue weighted by Gasteiger charge is -2.18. The van der Waals surface area contributed by atoms with Crippen LogP contribution in [0.1, 0.15) is 24.1 Å². The first-order chi connectivity index (χ1) is 10.2. The van der Waals surface area contributed by atoms with Gasteiger partial charge in [-0.2, -0.15) is 0 Å². The Labute approximate surface area is 130 Å². The predicted octanol–water partition coefficient (Wildman–Crippen LogP) is 3.83. The summed E-state index contributed by atoms with van der Waals surface area (Å²) in [5.41, 5.74) is 2.65. The van der Waals surface area contributed by atoms with Crippen LogP contribution in [-0.4, -0.2) is 11.7 Å². The number of thioether (sulfide) groups is 1. The quantitative estimate of drug-likeness (QED) is 0.869. The molecule has 3 heteroatoms. The first kappa shape index (κ1) is 14.2. The fraction of sp³-hybridized carbons (Fsp3) is 0.278. The van der Waals surface area contributed by atoms with Crippen LogP contribution in [0, 0.1) is 5.92 Å². The van der Waals surface area contributed by atoms with E-state index in [0.717, 1.165) is 11.3 Å². The van der Waals surface area contributed by atoms with Crippen molar-refractivity contribution in [2.45, 2.75) is 24.3 Å². The molecule has 0 aliphatic heterocycles. The van der Waals surface area contributed by atoms with E-state index in [-0.39, 0.29) is 11.9 Å². The molecule has 1 aliphatic carbocycles. The van der Waals surface area contributed by atoms with Gasteiger partial charge in [0, 0.05) is 4.90 Å². The third-order valence-electron chi connectivity index (χ3n) is 3.93. The summed E-state index contributed by atoms with van der Waals surface area (Å²) < 4.78 is 0. The Balaban J connectivity index is 1.60. The highest BCUT2D eigenvalue weighted by atomic mass is 32.2. The second-order valence-electron chi connectivity index (χ2n) is 5.53. The van der Waals surface area contributed by atoms with Gasteiger partial charge in [-0.05, 0) is 35.6 Å². The third-order valence-corrected chi connectivity index (χ3v) is 4.94. The van der Waals surface area contributed by atoms with Crippen LogP contribution in [0.3, 0.4) is 0 Å². The van der Waals surface area contributed by atoms with Crippen molar-refractivity contribution in [3.8, 4) is 0 Å². The molecule has 3 rings (SSSR count). The number of carbonyl (C=O) groups is 1. The van der Waals surface area contributed by atoms with Gasteiger partial charge in [0.1, 0.15) is 0 Å². The Morgan fingerprint density at radius 1 is 1.14 bits per heavy atom. The van der Waals surface area contributed by atoms with Crippen molar-refractivity contribution < 1.29 is 4.79 Å². The minimum Gasteiger partial charge on any atom is -0.348 e. The molecule has 0 fully saturated rings. The monoisotopic (exact) mass is 297 g/mol. The number of fused-ring (bicyclic) bond motifs is 1. The summed E-state index contributed by atoms with van der Waals surface area (Å²) >= 11 is 1.58. The Kier molecular flexibility index (Phi) is 4.30. The van der Waals surface area contributed by atoms with Crippen LogP contribution >= 0.6 is 11.8 Å². The Morgan fingerprint density at radius 3 is 2.67 bits per heavy atom. The summed E-state index contributed by atoms with van der Waals surface area (Å²) in [6.07, 6.45) is 1.05. The van der Waals surface area contributed by atoms with E-state index in [0.29, 0.717) is 11.7 Å². The highest BCUT2D eigenvalue weighted by molar-refractivity contribution is 8.00. The van der Waals surface area contributed by atoms with Crippen molar-refractivity contribution in [3.05, 3.63) is 65.7 Å². The average molecular weight is 297 g/mol. The predicted molar refractivity (Wildman–Crippen MR) is 87.4 cm³/mol. The lowest BCUT2D eigenvalue weighted by Crippen LogP contribution is -2.31. The van der Waals surface area contributed by atoms with Gasteiger partial charge in [-0.25, -0.2) is 0 Å². The topological polar surface area (TPSA) is 29.1 Å². The minimum absolute atomic E-state index is 0.109. The molecule has 1 amide bonds. The molecule has 0 bridgehead atoms. The molecule has 2 atom stereocenters. The van der Waals surface area contributed by atoms with E-state index in [4.69, 9.17) is 0 Å². The molecule has 0 radical (unpaired) electrons. The molecule has 1 aliphatic rings. The van der Waals surface area contributed by atoms with Gasteiger partial charge in [0.05, 0.1) is 11.8 Å². The van der Waals surface area contributed by atoms with Crippen LogP contribution in [0.25, 0.3) is 0 Å². The third kappa shape index (κ3) is 3.30. The van der Waals surface area contributed by atoms with Gasteiger partial charge >= 0.3 is 0 Å². The fourth-order valence-corrected chi connectivity index (χ4v) is 3.63. The van der Waals surface area contributed by atoms with Crippen molar-refractivity contribution in [1.82, 2.24) is 5.32 Å². The van der Waals surface area contributed by atoms with Gasteiger partial charge < -0.3 is 5.32 Å². The van der Waals surface area contributed by atoms with E-state index < -0.39 is 0 Å². The lowest BCUT2D eigenvalue weighted by molar-refractivity contribution is -0.119. The first-order valence-electron chi connectivity index (χ1n) is 7.29. The molecule has 21 heavy (non-hydrogen) atoms. The largest absolute Gasteiger partial charge is 0.348 e. The zero-order valence-corrected chi connectivity index (χ0v) is 12.9. The Morgan fingerprint density at radius 2 is 1.86 bits per heavy atom. The fourth-order valence-electron chi connectivity index (χ4n) is 2.90. The molecule has 108 valence electrons. The summed E-state index contributed by atoms with van der Waals surface area (Å²) in [5, 5.41) is 3.20. The smallest absolute Gasteiger partial charge is 0.230 e. The molecule has 0 saturated heterocycles. The van der Waals surface area contributed by atoms with Crippen LogP contribution in [0.2, 0.25) is 0 Å². The highest BCUT2D eigenvalue weighted by Gasteiger charge is 2.29. The van der Waals surface area contributed by atoms with E-state index >= 15 is 0 Å². The number of benzene rings is 2. The Hall–Kier alpha value is -1.74. The van der Waals surface area contributed by atoms with Crippen molar-refractivity contribution in [3.63, 3.8) is 0 Å². The molecule has 0 heterocycles. The second kappa shape index (κ2) is 6.35. The summed E-state index contributed by atoms with van der Waals surface area (Å²) in [6.45, 7) is 2.20. The van der Waals surface area contributed by atoms with E-state index in [9.17, 15) is 4.79 Å². The van der Waals surface area contributed by atoms with Crippen LogP contribution < -0.4 is 5.32 Å². The van der Waals surface area contributed by atoms with E-state index in [1.807, 2.05) is 30.3 Å². The molecule has 1 N–H and O–H groups in total. The zero-order chi connectivity index (χ0) is 14.7. The van der Waals surface area contributed by atoms with E-state index in [1.165, 1.54) is 11.1 Å². The summed E-state index contributed by atoms with van der Waals surface area (Å²) in [5.74, 6) is 1.04. The summed E-state index contributed by atoms with van der Waals surface area (Å²) in [6, 6.07) is 18.6.